The first kappa shape index (κ1) is 13.5. The molecule has 1 aromatic rings. The summed E-state index contributed by atoms with van der Waals surface area (Å²) < 4.78 is 5.37. The van der Waals surface area contributed by atoms with E-state index in [1.807, 2.05) is 26.8 Å². The molecule has 0 atom stereocenters. The van der Waals surface area contributed by atoms with Gasteiger partial charge in [0.2, 0.25) is 0 Å². The lowest BCUT2D eigenvalue weighted by Crippen LogP contribution is -2.40. The number of nitrogens with two attached hydrogens (primary N) is 1. The van der Waals surface area contributed by atoms with Gasteiger partial charge in [-0.15, -0.1) is 0 Å². The van der Waals surface area contributed by atoms with Crippen LogP contribution in [0, 0.1) is 0 Å². The van der Waals surface area contributed by atoms with Crippen LogP contribution < -0.4 is 15.8 Å². The molecular weight excluding hydrogens is 216 g/mol. The maximum Gasteiger partial charge on any atom is 0.251 e. The largest absolute Gasteiger partial charge is 0.492 e. The van der Waals surface area contributed by atoms with Crippen LogP contribution in [0.1, 0.15) is 31.1 Å². The Bertz CT molecular complexity index is 383. The molecule has 0 radical (unpaired) electrons. The fourth-order valence-electron chi connectivity index (χ4n) is 1.32. The second-order valence-corrected chi connectivity index (χ2v) is 4.87. The quantitative estimate of drug-likeness (QED) is 0.833. The van der Waals surface area contributed by atoms with Crippen LogP contribution >= 0.6 is 0 Å². The van der Waals surface area contributed by atoms with Gasteiger partial charge in [0.25, 0.3) is 5.91 Å². The van der Waals surface area contributed by atoms with Crippen LogP contribution in [0.5, 0.6) is 5.75 Å². The maximum atomic E-state index is 11.9. The zero-order chi connectivity index (χ0) is 12.9. The van der Waals surface area contributed by atoms with Crippen LogP contribution in [0.3, 0.4) is 0 Å². The Kier molecular flexibility index (Phi) is 4.52. The Morgan fingerprint density at radius 3 is 2.71 bits per heavy atom. The highest BCUT2D eigenvalue weighted by molar-refractivity contribution is 5.95. The van der Waals surface area contributed by atoms with E-state index in [0.717, 1.165) is 0 Å². The molecule has 0 saturated heterocycles. The fourth-order valence-corrected chi connectivity index (χ4v) is 1.32. The molecular formula is C13H20N2O2. The predicted octanol–water partition coefficient (Wildman–Crippen LogP) is 1.55. The number of ether oxygens (including phenoxy) is 1. The van der Waals surface area contributed by atoms with E-state index in [-0.39, 0.29) is 11.4 Å². The molecule has 17 heavy (non-hydrogen) atoms. The molecule has 1 amide bonds. The van der Waals surface area contributed by atoms with E-state index >= 15 is 0 Å². The second-order valence-electron chi connectivity index (χ2n) is 4.87. The standard InChI is InChI=1S/C13H20N2O2/c1-13(2,3)15-12(16)10-5-4-6-11(9-10)17-8-7-14/h4-6,9H,7-8,14H2,1-3H3,(H,15,16). The first-order valence-corrected chi connectivity index (χ1v) is 5.68. The summed E-state index contributed by atoms with van der Waals surface area (Å²) in [5.41, 5.74) is 5.70. The van der Waals surface area contributed by atoms with Crippen LogP contribution in [0.15, 0.2) is 24.3 Å². The van der Waals surface area contributed by atoms with Crippen LogP contribution in [-0.2, 0) is 0 Å². The molecule has 1 rings (SSSR count). The minimum atomic E-state index is -0.245. The van der Waals surface area contributed by atoms with Crippen LogP contribution in [-0.4, -0.2) is 24.6 Å². The van der Waals surface area contributed by atoms with E-state index in [4.69, 9.17) is 10.5 Å². The van der Waals surface area contributed by atoms with E-state index in [9.17, 15) is 4.79 Å². The first-order chi connectivity index (χ1) is 7.92. The lowest BCUT2D eigenvalue weighted by Gasteiger charge is -2.20. The molecule has 0 saturated carbocycles. The summed E-state index contributed by atoms with van der Waals surface area (Å²) >= 11 is 0. The Morgan fingerprint density at radius 2 is 2.12 bits per heavy atom. The van der Waals surface area contributed by atoms with Gasteiger partial charge in [0.05, 0.1) is 0 Å². The molecule has 4 heteroatoms. The molecule has 0 aliphatic heterocycles. The third-order valence-corrected chi connectivity index (χ3v) is 1.97. The molecule has 94 valence electrons. The smallest absolute Gasteiger partial charge is 0.251 e. The van der Waals surface area contributed by atoms with Gasteiger partial charge in [-0.25, -0.2) is 0 Å². The molecule has 0 unspecified atom stereocenters. The molecule has 0 aliphatic rings. The van der Waals surface area contributed by atoms with Gasteiger partial charge in [0.1, 0.15) is 12.4 Å². The van der Waals surface area contributed by atoms with E-state index in [2.05, 4.69) is 5.32 Å². The van der Waals surface area contributed by atoms with Crippen molar-refractivity contribution in [3.05, 3.63) is 29.8 Å². The Labute approximate surface area is 102 Å². The van der Waals surface area contributed by atoms with Crippen molar-refractivity contribution in [2.45, 2.75) is 26.3 Å². The van der Waals surface area contributed by atoms with Gasteiger partial charge in [-0.05, 0) is 39.0 Å². The van der Waals surface area contributed by atoms with E-state index < -0.39 is 0 Å². The number of carbonyl (C=O) groups excluding carboxylic acids is 1. The molecule has 0 aliphatic carbocycles. The molecule has 0 bridgehead atoms. The summed E-state index contributed by atoms with van der Waals surface area (Å²) in [6.07, 6.45) is 0. The van der Waals surface area contributed by atoms with Crippen molar-refractivity contribution in [3.63, 3.8) is 0 Å². The third-order valence-electron chi connectivity index (χ3n) is 1.97. The van der Waals surface area contributed by atoms with Gasteiger partial charge >= 0.3 is 0 Å². The van der Waals surface area contributed by atoms with Crippen molar-refractivity contribution < 1.29 is 9.53 Å². The molecule has 0 heterocycles. The highest BCUT2D eigenvalue weighted by atomic mass is 16.5. The number of rotatable bonds is 4. The highest BCUT2D eigenvalue weighted by Crippen LogP contribution is 2.14. The monoisotopic (exact) mass is 236 g/mol. The first-order valence-electron chi connectivity index (χ1n) is 5.68. The zero-order valence-electron chi connectivity index (χ0n) is 10.6. The average molecular weight is 236 g/mol. The van der Waals surface area contributed by atoms with Crippen LogP contribution in [0.4, 0.5) is 0 Å². The van der Waals surface area contributed by atoms with Crippen molar-refractivity contribution in [1.82, 2.24) is 5.32 Å². The van der Waals surface area contributed by atoms with Gasteiger partial charge in [-0.3, -0.25) is 4.79 Å². The van der Waals surface area contributed by atoms with Gasteiger partial charge in [-0.1, -0.05) is 6.07 Å². The maximum absolute atomic E-state index is 11.9. The molecule has 4 nitrogen and oxygen atoms in total. The Balaban J connectivity index is 2.74. The van der Waals surface area contributed by atoms with Gasteiger partial charge in [-0.2, -0.15) is 0 Å². The molecule has 0 fully saturated rings. The van der Waals surface area contributed by atoms with Crippen molar-refractivity contribution in [1.29, 1.82) is 0 Å². The number of carbonyl (C=O) groups is 1. The summed E-state index contributed by atoms with van der Waals surface area (Å²) in [7, 11) is 0. The summed E-state index contributed by atoms with van der Waals surface area (Å²) in [5.74, 6) is 0.563. The minimum absolute atomic E-state index is 0.101. The van der Waals surface area contributed by atoms with Gasteiger partial charge < -0.3 is 15.8 Å². The van der Waals surface area contributed by atoms with E-state index in [1.165, 1.54) is 0 Å². The summed E-state index contributed by atoms with van der Waals surface area (Å²) in [5, 5.41) is 2.90. The van der Waals surface area contributed by atoms with E-state index in [0.29, 0.717) is 24.5 Å². The number of hydrogen-bond donors (Lipinski definition) is 2. The predicted molar refractivity (Wildman–Crippen MR) is 68.2 cm³/mol. The zero-order valence-corrected chi connectivity index (χ0v) is 10.6. The summed E-state index contributed by atoms with van der Waals surface area (Å²) in [6.45, 7) is 6.74. The lowest BCUT2D eigenvalue weighted by atomic mass is 10.1. The normalized spacial score (nSPS) is 11.1. The Hall–Kier alpha value is -1.55. The van der Waals surface area contributed by atoms with Gasteiger partial charge in [0, 0.05) is 17.6 Å². The second kappa shape index (κ2) is 5.68. The van der Waals surface area contributed by atoms with Crippen molar-refractivity contribution in [3.8, 4) is 5.75 Å². The van der Waals surface area contributed by atoms with E-state index in [1.54, 1.807) is 18.2 Å². The van der Waals surface area contributed by atoms with Gasteiger partial charge in [0.15, 0.2) is 0 Å². The number of hydrogen-bond acceptors (Lipinski definition) is 3. The average Bonchev–Trinajstić information content (AvgIpc) is 2.24. The number of benzene rings is 1. The summed E-state index contributed by atoms with van der Waals surface area (Å²) in [4.78, 5) is 11.9. The number of nitrogens with one attached hydrogen (secondary N) is 1. The SMILES string of the molecule is CC(C)(C)NC(=O)c1cccc(OCCN)c1. The van der Waals surface area contributed by atoms with Crippen molar-refractivity contribution >= 4 is 5.91 Å². The number of amides is 1. The summed E-state index contributed by atoms with van der Waals surface area (Å²) in [6, 6.07) is 7.08. The molecule has 3 N–H and O–H groups in total. The topological polar surface area (TPSA) is 64.3 Å². The van der Waals surface area contributed by atoms with Crippen molar-refractivity contribution in [2.24, 2.45) is 5.73 Å². The third kappa shape index (κ3) is 4.87. The highest BCUT2D eigenvalue weighted by Gasteiger charge is 2.15. The van der Waals surface area contributed by atoms with Crippen LogP contribution in [0.2, 0.25) is 0 Å². The fraction of sp³-hybridized carbons (Fsp3) is 0.462. The molecule has 1 aromatic carbocycles. The molecule has 0 spiro atoms. The van der Waals surface area contributed by atoms with Crippen molar-refractivity contribution in [2.75, 3.05) is 13.2 Å². The Morgan fingerprint density at radius 1 is 1.41 bits per heavy atom. The minimum Gasteiger partial charge on any atom is -0.492 e. The molecule has 0 aromatic heterocycles. The van der Waals surface area contributed by atoms with Crippen LogP contribution in [0.25, 0.3) is 0 Å². The lowest BCUT2D eigenvalue weighted by molar-refractivity contribution is 0.0919.